The molecule has 8 heteroatoms. The van der Waals surface area contributed by atoms with E-state index in [0.717, 1.165) is 72.1 Å². The van der Waals surface area contributed by atoms with Gasteiger partial charge in [0.05, 0.1) is 12.2 Å². The Morgan fingerprint density at radius 1 is 0.775 bits per heavy atom. The molecule has 3 aromatic heterocycles. The molecule has 0 spiro atoms. The van der Waals surface area contributed by atoms with Gasteiger partial charge < -0.3 is 10.0 Å². The number of benzene rings is 2. The highest BCUT2D eigenvalue weighted by molar-refractivity contribution is 6.05. The number of nitrogens with zero attached hydrogens (tertiary/aromatic N) is 5. The van der Waals surface area contributed by atoms with E-state index < -0.39 is 0 Å². The SMILES string of the molecule is OCCC1CCN(CCn2cc3c(-c4ccc(F)cc4)c(-c4ccncc4)c(-c4ccc(F)cc4)nc3n2)CC1. The van der Waals surface area contributed by atoms with E-state index in [-0.39, 0.29) is 18.2 Å². The van der Waals surface area contributed by atoms with Crippen LogP contribution in [-0.2, 0) is 6.54 Å². The van der Waals surface area contributed by atoms with E-state index in [4.69, 9.17) is 10.1 Å². The summed E-state index contributed by atoms with van der Waals surface area (Å²) in [6, 6.07) is 16.6. The van der Waals surface area contributed by atoms with Gasteiger partial charge in [-0.2, -0.15) is 5.10 Å². The molecule has 0 aliphatic carbocycles. The maximum absolute atomic E-state index is 14.0. The van der Waals surface area contributed by atoms with Crippen LogP contribution in [0.5, 0.6) is 0 Å². The molecule has 0 radical (unpaired) electrons. The van der Waals surface area contributed by atoms with Gasteiger partial charge in [-0.25, -0.2) is 13.8 Å². The first-order valence-corrected chi connectivity index (χ1v) is 13.8. The fraction of sp³-hybridized carbons (Fsp3) is 0.281. The van der Waals surface area contributed by atoms with Crippen LogP contribution in [0.4, 0.5) is 8.78 Å². The molecule has 6 rings (SSSR count). The number of hydrogen-bond acceptors (Lipinski definition) is 5. The van der Waals surface area contributed by atoms with Crippen molar-refractivity contribution in [2.45, 2.75) is 25.8 Å². The number of aliphatic hydroxyl groups excluding tert-OH is 1. The molecule has 0 saturated carbocycles. The van der Waals surface area contributed by atoms with Crippen LogP contribution in [0, 0.1) is 17.6 Å². The summed E-state index contributed by atoms with van der Waals surface area (Å²) >= 11 is 0. The van der Waals surface area contributed by atoms with Crippen LogP contribution in [0.15, 0.2) is 79.3 Å². The van der Waals surface area contributed by atoms with Gasteiger partial charge in [0.1, 0.15) is 11.6 Å². The molecule has 4 heterocycles. The molecular formula is C32H31F2N5O. The number of piperidine rings is 1. The highest BCUT2D eigenvalue weighted by Crippen LogP contribution is 2.43. The van der Waals surface area contributed by atoms with Crippen LogP contribution in [-0.4, -0.2) is 56.0 Å². The summed E-state index contributed by atoms with van der Waals surface area (Å²) < 4.78 is 29.8. The summed E-state index contributed by atoms with van der Waals surface area (Å²) in [5.41, 5.74) is 5.52. The second-order valence-corrected chi connectivity index (χ2v) is 10.4. The molecule has 0 atom stereocenters. The van der Waals surface area contributed by atoms with Crippen LogP contribution in [0.2, 0.25) is 0 Å². The lowest BCUT2D eigenvalue weighted by molar-refractivity contribution is 0.154. The molecule has 204 valence electrons. The number of aromatic nitrogens is 4. The van der Waals surface area contributed by atoms with Crippen LogP contribution in [0.3, 0.4) is 0 Å². The third kappa shape index (κ3) is 5.50. The van der Waals surface area contributed by atoms with Crippen LogP contribution in [0.1, 0.15) is 19.3 Å². The molecule has 0 amide bonds. The maximum atomic E-state index is 14.0. The summed E-state index contributed by atoms with van der Waals surface area (Å²) in [6.07, 6.45) is 8.58. The van der Waals surface area contributed by atoms with Crippen molar-refractivity contribution in [2.24, 2.45) is 5.92 Å². The Labute approximate surface area is 231 Å². The molecule has 2 aromatic carbocycles. The number of halogens is 2. The Hall–Kier alpha value is -4.01. The third-order valence-corrected chi connectivity index (χ3v) is 7.83. The van der Waals surface area contributed by atoms with Crippen LogP contribution in [0.25, 0.3) is 44.5 Å². The molecule has 1 aliphatic rings. The van der Waals surface area contributed by atoms with Crippen molar-refractivity contribution in [3.63, 3.8) is 0 Å². The zero-order valence-corrected chi connectivity index (χ0v) is 22.2. The zero-order valence-electron chi connectivity index (χ0n) is 22.2. The number of rotatable bonds is 8. The highest BCUT2D eigenvalue weighted by Gasteiger charge is 2.23. The molecule has 1 aliphatic heterocycles. The quantitative estimate of drug-likeness (QED) is 0.254. The van der Waals surface area contributed by atoms with Crippen molar-refractivity contribution in [1.82, 2.24) is 24.6 Å². The first-order chi connectivity index (χ1) is 19.6. The Morgan fingerprint density at radius 3 is 2.05 bits per heavy atom. The first kappa shape index (κ1) is 26.2. The summed E-state index contributed by atoms with van der Waals surface area (Å²) in [5.74, 6) is -0.0251. The van der Waals surface area contributed by atoms with Crippen molar-refractivity contribution in [1.29, 1.82) is 0 Å². The lowest BCUT2D eigenvalue weighted by Gasteiger charge is -2.31. The van der Waals surface area contributed by atoms with Gasteiger partial charge in [0.15, 0.2) is 5.65 Å². The normalized spacial score (nSPS) is 14.7. The molecule has 1 saturated heterocycles. The fourth-order valence-corrected chi connectivity index (χ4v) is 5.66. The summed E-state index contributed by atoms with van der Waals surface area (Å²) in [7, 11) is 0. The molecule has 0 bridgehead atoms. The Morgan fingerprint density at radius 2 is 1.40 bits per heavy atom. The van der Waals surface area contributed by atoms with Crippen molar-refractivity contribution in [2.75, 3.05) is 26.2 Å². The van der Waals surface area contributed by atoms with Crippen LogP contribution >= 0.6 is 0 Å². The van der Waals surface area contributed by atoms with Crippen molar-refractivity contribution in [3.05, 3.63) is 90.9 Å². The van der Waals surface area contributed by atoms with E-state index in [0.29, 0.717) is 23.8 Å². The Balaban J connectivity index is 1.45. The van der Waals surface area contributed by atoms with Gasteiger partial charge in [-0.3, -0.25) is 9.67 Å². The second kappa shape index (κ2) is 11.6. The predicted molar refractivity (Wildman–Crippen MR) is 152 cm³/mol. The van der Waals surface area contributed by atoms with E-state index in [1.165, 1.54) is 24.3 Å². The standard InChI is InChI=1S/C32H31F2N5O/c33-26-5-1-23(2-6-26)29-28-21-39(19-18-38-16-11-22(12-17-38)13-20-40)37-32(28)36-31(25-3-7-27(34)8-4-25)30(29)24-9-14-35-15-10-24/h1-10,14-15,21-22,40H,11-13,16-20H2. The Bertz CT molecular complexity index is 1580. The van der Waals surface area contributed by atoms with E-state index in [1.54, 1.807) is 36.7 Å². The summed E-state index contributed by atoms with van der Waals surface area (Å²) in [6.45, 7) is 3.88. The van der Waals surface area contributed by atoms with Gasteiger partial charge in [-0.15, -0.1) is 0 Å². The molecule has 5 aromatic rings. The molecular weight excluding hydrogens is 508 g/mol. The largest absolute Gasteiger partial charge is 0.396 e. The second-order valence-electron chi connectivity index (χ2n) is 10.4. The molecule has 0 unspecified atom stereocenters. The highest BCUT2D eigenvalue weighted by atomic mass is 19.1. The number of likely N-dealkylation sites (tertiary alicyclic amines) is 1. The number of fused-ring (bicyclic) bond motifs is 1. The minimum atomic E-state index is -0.321. The van der Waals surface area contributed by atoms with Crippen molar-refractivity contribution >= 4 is 11.0 Å². The average molecular weight is 540 g/mol. The van der Waals surface area contributed by atoms with Gasteiger partial charge in [0, 0.05) is 53.8 Å². The smallest absolute Gasteiger partial charge is 0.182 e. The maximum Gasteiger partial charge on any atom is 0.182 e. The van der Waals surface area contributed by atoms with E-state index >= 15 is 0 Å². The van der Waals surface area contributed by atoms with Crippen molar-refractivity contribution in [3.8, 4) is 33.5 Å². The van der Waals surface area contributed by atoms with Gasteiger partial charge in [0.25, 0.3) is 0 Å². The first-order valence-electron chi connectivity index (χ1n) is 13.8. The van der Waals surface area contributed by atoms with E-state index in [2.05, 4.69) is 9.88 Å². The monoisotopic (exact) mass is 539 g/mol. The van der Waals surface area contributed by atoms with E-state index in [9.17, 15) is 13.9 Å². The fourth-order valence-electron chi connectivity index (χ4n) is 5.66. The molecule has 40 heavy (non-hydrogen) atoms. The number of pyridine rings is 2. The molecule has 1 N–H and O–H groups in total. The zero-order chi connectivity index (χ0) is 27.5. The predicted octanol–water partition coefficient (Wildman–Crippen LogP) is 6.20. The van der Waals surface area contributed by atoms with Crippen molar-refractivity contribution < 1.29 is 13.9 Å². The Kier molecular flexibility index (Phi) is 7.62. The number of hydrogen-bond donors (Lipinski definition) is 1. The summed E-state index contributed by atoms with van der Waals surface area (Å²) in [5, 5.41) is 15.0. The lowest BCUT2D eigenvalue weighted by Crippen LogP contribution is -2.36. The molecule has 6 nitrogen and oxygen atoms in total. The minimum absolute atomic E-state index is 0.259. The minimum Gasteiger partial charge on any atom is -0.396 e. The van der Waals surface area contributed by atoms with E-state index in [1.807, 2.05) is 23.0 Å². The lowest BCUT2D eigenvalue weighted by atomic mass is 9.90. The van der Waals surface area contributed by atoms with Gasteiger partial charge in [-0.05, 0) is 97.9 Å². The average Bonchev–Trinajstić information content (AvgIpc) is 3.40. The third-order valence-electron chi connectivity index (χ3n) is 7.83. The van der Waals surface area contributed by atoms with Crippen LogP contribution < -0.4 is 0 Å². The molecule has 1 fully saturated rings. The van der Waals surface area contributed by atoms with Gasteiger partial charge in [0.2, 0.25) is 0 Å². The van der Waals surface area contributed by atoms with Gasteiger partial charge in [-0.1, -0.05) is 12.1 Å². The summed E-state index contributed by atoms with van der Waals surface area (Å²) in [4.78, 5) is 11.7. The number of aliphatic hydroxyl groups is 1. The topological polar surface area (TPSA) is 67.1 Å². The van der Waals surface area contributed by atoms with Gasteiger partial charge >= 0.3 is 0 Å².